The Morgan fingerprint density at radius 2 is 2.33 bits per heavy atom. The Balaban J connectivity index is 2.32. The van der Waals surface area contributed by atoms with Crippen LogP contribution in [0.1, 0.15) is 18.3 Å². The molecular weight excluding hydrogens is 314 g/mol. The minimum absolute atomic E-state index is 0.0592. The molecular formula is C13H11ClN3O3S-. The number of rotatable bonds is 5. The lowest BCUT2D eigenvalue weighted by Crippen LogP contribution is -1.99. The summed E-state index contributed by atoms with van der Waals surface area (Å²) in [5, 5.41) is 28.2. The predicted octanol–water partition coefficient (Wildman–Crippen LogP) is 2.31. The number of H-pyrrole nitrogens is 1. The van der Waals surface area contributed by atoms with Crippen LogP contribution in [0.5, 0.6) is 5.75 Å². The predicted molar refractivity (Wildman–Crippen MR) is 78.1 cm³/mol. The number of carbonyl (C=O) groups is 1. The fraction of sp³-hybridized carbons (Fsp3) is 0.154. The maximum atomic E-state index is 11.7. The monoisotopic (exact) mass is 324 g/mol. The Morgan fingerprint density at radius 1 is 1.57 bits per heavy atom. The number of aromatic amines is 1. The lowest BCUT2D eigenvalue weighted by Gasteiger charge is -2.10. The number of nitrogens with zero attached hydrogens (tertiary/aromatic N) is 2. The van der Waals surface area contributed by atoms with E-state index < -0.39 is 5.97 Å². The van der Waals surface area contributed by atoms with E-state index in [9.17, 15) is 15.0 Å². The van der Waals surface area contributed by atoms with Gasteiger partial charge >= 0.3 is 5.97 Å². The molecule has 0 aliphatic heterocycles. The van der Waals surface area contributed by atoms with Crippen molar-refractivity contribution in [1.82, 2.24) is 15.2 Å². The second kappa shape index (κ2) is 6.64. The van der Waals surface area contributed by atoms with E-state index in [1.54, 1.807) is 0 Å². The van der Waals surface area contributed by atoms with Crippen molar-refractivity contribution in [1.29, 1.82) is 0 Å². The Kier molecular flexibility index (Phi) is 4.87. The minimum Gasteiger partial charge on any atom is -0.872 e. The smallest absolute Gasteiger partial charge is 0.342 e. The zero-order valence-electron chi connectivity index (χ0n) is 11.0. The van der Waals surface area contributed by atoms with Crippen LogP contribution in [-0.4, -0.2) is 26.3 Å². The molecule has 0 saturated heterocycles. The van der Waals surface area contributed by atoms with Gasteiger partial charge in [-0.05, 0) is 35.5 Å². The van der Waals surface area contributed by atoms with Crippen LogP contribution in [0.4, 0.5) is 0 Å². The molecule has 110 valence electrons. The van der Waals surface area contributed by atoms with E-state index in [0.717, 1.165) is 11.8 Å². The molecule has 0 saturated carbocycles. The van der Waals surface area contributed by atoms with Crippen molar-refractivity contribution < 1.29 is 15.0 Å². The van der Waals surface area contributed by atoms with Crippen molar-refractivity contribution >= 4 is 35.4 Å². The fourth-order valence-corrected chi connectivity index (χ4v) is 2.39. The van der Waals surface area contributed by atoms with Gasteiger partial charge in [-0.1, -0.05) is 24.6 Å². The molecule has 1 heterocycles. The van der Waals surface area contributed by atoms with E-state index in [0.29, 0.717) is 17.3 Å². The minimum atomic E-state index is -1.16. The number of halogens is 1. The average Bonchev–Trinajstić information content (AvgIpc) is 2.89. The van der Waals surface area contributed by atoms with Gasteiger partial charge in [-0.2, -0.15) is 0 Å². The number of aliphatic carboxylic acids is 1. The maximum Gasteiger partial charge on any atom is 0.342 e. The molecule has 1 aromatic carbocycles. The van der Waals surface area contributed by atoms with Gasteiger partial charge in [0.15, 0.2) is 0 Å². The van der Waals surface area contributed by atoms with Gasteiger partial charge in [-0.25, -0.2) is 9.78 Å². The summed E-state index contributed by atoms with van der Waals surface area (Å²) in [4.78, 5) is 15.4. The van der Waals surface area contributed by atoms with Crippen LogP contribution >= 0.6 is 23.4 Å². The molecule has 0 aliphatic rings. The molecule has 6 nitrogen and oxygen atoms in total. The van der Waals surface area contributed by atoms with Crippen molar-refractivity contribution in [2.45, 2.75) is 18.5 Å². The molecule has 2 aromatic rings. The zero-order chi connectivity index (χ0) is 15.4. The lowest BCUT2D eigenvalue weighted by molar-refractivity contribution is -0.268. The van der Waals surface area contributed by atoms with Crippen LogP contribution in [0.25, 0.3) is 6.08 Å². The van der Waals surface area contributed by atoms with Gasteiger partial charge in [0.25, 0.3) is 0 Å². The number of hydrogen-bond acceptors (Lipinski definition) is 5. The fourth-order valence-electron chi connectivity index (χ4n) is 1.49. The van der Waals surface area contributed by atoms with Crippen molar-refractivity contribution in [2.75, 3.05) is 0 Å². The first kappa shape index (κ1) is 15.4. The van der Waals surface area contributed by atoms with Crippen LogP contribution in [0.3, 0.4) is 0 Å². The van der Waals surface area contributed by atoms with E-state index in [1.165, 1.54) is 24.3 Å². The third kappa shape index (κ3) is 3.99. The molecule has 0 atom stereocenters. The molecule has 0 amide bonds. The molecule has 2 N–H and O–H groups in total. The van der Waals surface area contributed by atoms with Crippen LogP contribution in [0.2, 0.25) is 5.02 Å². The number of aryl methyl sites for hydroxylation is 1. The number of carboxylic acid groups (broad SMARTS) is 1. The molecule has 0 radical (unpaired) electrons. The highest BCUT2D eigenvalue weighted by Gasteiger charge is 2.13. The summed E-state index contributed by atoms with van der Waals surface area (Å²) in [6, 6.07) is 4.17. The van der Waals surface area contributed by atoms with E-state index in [1.807, 2.05) is 6.92 Å². The zero-order valence-corrected chi connectivity index (χ0v) is 12.5. The summed E-state index contributed by atoms with van der Waals surface area (Å²) in [6.45, 7) is 1.90. The van der Waals surface area contributed by atoms with Crippen LogP contribution in [0, 0.1) is 0 Å². The van der Waals surface area contributed by atoms with E-state index in [4.69, 9.17) is 11.6 Å². The molecule has 8 heteroatoms. The summed E-state index contributed by atoms with van der Waals surface area (Å²) in [6.07, 6.45) is 1.93. The van der Waals surface area contributed by atoms with Gasteiger partial charge in [-0.15, -0.1) is 10.8 Å². The second-order valence-electron chi connectivity index (χ2n) is 4.02. The Bertz CT molecular complexity index is 700. The van der Waals surface area contributed by atoms with Gasteiger partial charge < -0.3 is 10.2 Å². The van der Waals surface area contributed by atoms with E-state index >= 15 is 0 Å². The molecule has 0 bridgehead atoms. The average molecular weight is 325 g/mol. The molecule has 0 spiro atoms. The molecule has 0 fully saturated rings. The standard InChI is InChI=1S/C13H12ClN3O3S/c1-2-11-15-13(17-16-11)21-10(12(19)20)6-7-5-8(14)3-4-9(7)18/h3-6,18H,2H2,1H3,(H,19,20)(H,15,16,17)/p-1/b10-6-. The van der Waals surface area contributed by atoms with Gasteiger partial charge in [0, 0.05) is 11.4 Å². The highest BCUT2D eigenvalue weighted by atomic mass is 35.5. The molecule has 0 aliphatic carbocycles. The quantitative estimate of drug-likeness (QED) is 0.646. The largest absolute Gasteiger partial charge is 0.872 e. The number of thioether (sulfide) groups is 1. The first-order valence-electron chi connectivity index (χ1n) is 6.00. The van der Waals surface area contributed by atoms with E-state index in [-0.39, 0.29) is 21.4 Å². The number of benzene rings is 1. The Hall–Kier alpha value is -1.99. The summed E-state index contributed by atoms with van der Waals surface area (Å²) in [7, 11) is 0. The number of hydrogen-bond donors (Lipinski definition) is 2. The first-order chi connectivity index (χ1) is 9.99. The lowest BCUT2D eigenvalue weighted by atomic mass is 10.2. The molecule has 0 unspecified atom stereocenters. The highest BCUT2D eigenvalue weighted by molar-refractivity contribution is 8.04. The molecule has 2 rings (SSSR count). The maximum absolute atomic E-state index is 11.7. The van der Waals surface area contributed by atoms with Crippen LogP contribution in [0.15, 0.2) is 28.3 Å². The van der Waals surface area contributed by atoms with E-state index in [2.05, 4.69) is 15.2 Å². The van der Waals surface area contributed by atoms with Gasteiger partial charge in [0.05, 0.1) is 0 Å². The molecule has 21 heavy (non-hydrogen) atoms. The summed E-state index contributed by atoms with van der Waals surface area (Å²) in [5.74, 6) is -0.806. The topological polar surface area (TPSA) is 102 Å². The van der Waals surface area contributed by atoms with Gasteiger partial charge in [0.1, 0.15) is 10.7 Å². The van der Waals surface area contributed by atoms with Crippen molar-refractivity contribution in [3.05, 3.63) is 39.5 Å². The Labute approximate surface area is 129 Å². The summed E-state index contributed by atoms with van der Waals surface area (Å²) < 4.78 is 0. The SMILES string of the molecule is CCc1nc(S/C(=C\c2cc(Cl)ccc2[O-])C(=O)O)n[nH]1. The van der Waals surface area contributed by atoms with Crippen molar-refractivity contribution in [2.24, 2.45) is 0 Å². The van der Waals surface area contributed by atoms with Gasteiger partial charge in [-0.3, -0.25) is 5.10 Å². The number of aromatic nitrogens is 3. The highest BCUT2D eigenvalue weighted by Crippen LogP contribution is 2.29. The van der Waals surface area contributed by atoms with Crippen molar-refractivity contribution in [3.8, 4) is 5.75 Å². The molecule has 1 aromatic heterocycles. The first-order valence-corrected chi connectivity index (χ1v) is 7.19. The third-order valence-corrected chi connectivity index (χ3v) is 3.63. The third-order valence-electron chi connectivity index (χ3n) is 2.52. The van der Waals surface area contributed by atoms with Crippen LogP contribution < -0.4 is 5.11 Å². The summed E-state index contributed by atoms with van der Waals surface area (Å²) in [5.41, 5.74) is 0.207. The summed E-state index contributed by atoms with van der Waals surface area (Å²) >= 11 is 6.68. The van der Waals surface area contributed by atoms with Crippen molar-refractivity contribution in [3.63, 3.8) is 0 Å². The van der Waals surface area contributed by atoms with Gasteiger partial charge in [0.2, 0.25) is 5.16 Å². The second-order valence-corrected chi connectivity index (χ2v) is 5.46. The normalized spacial score (nSPS) is 11.6. The van der Waals surface area contributed by atoms with Crippen LogP contribution in [-0.2, 0) is 11.2 Å². The number of carboxylic acids is 1. The Morgan fingerprint density at radius 3 is 2.95 bits per heavy atom. The number of nitrogens with one attached hydrogen (secondary N) is 1.